The lowest BCUT2D eigenvalue weighted by atomic mass is 9.68. The molecule has 13 aromatic rings. The highest BCUT2D eigenvalue weighted by atomic mass is 32.1. The number of benzene rings is 11. The third-order valence-corrected chi connectivity index (χ3v) is 15.8. The van der Waals surface area contributed by atoms with Gasteiger partial charge in [-0.15, -0.1) is 11.3 Å². The molecule has 0 fully saturated rings. The summed E-state index contributed by atoms with van der Waals surface area (Å²) in [7, 11) is 0. The fourth-order valence-electron chi connectivity index (χ4n) is 11.6. The largest absolute Gasteiger partial charge is 0.310 e. The molecule has 14 rings (SSSR count). The predicted octanol–water partition coefficient (Wildman–Crippen LogP) is 18.3. The average molecular weight is 909 g/mol. The summed E-state index contributed by atoms with van der Waals surface area (Å²) in [5, 5.41) is 5.14. The van der Waals surface area contributed by atoms with Crippen LogP contribution >= 0.6 is 11.3 Å². The maximum absolute atomic E-state index is 2.41. The molecule has 11 aromatic carbocycles. The second kappa shape index (κ2) is 16.2. The van der Waals surface area contributed by atoms with Gasteiger partial charge in [0.2, 0.25) is 0 Å². The highest BCUT2D eigenvalue weighted by Crippen LogP contribution is 2.56. The number of thiophene rings is 1. The van der Waals surface area contributed by atoms with E-state index in [4.69, 9.17) is 0 Å². The Bertz CT molecular complexity index is 4020. The first-order valence-corrected chi connectivity index (χ1v) is 24.9. The lowest BCUT2D eigenvalue weighted by molar-refractivity contribution is 0.768. The molecule has 0 unspecified atom stereocenters. The number of nitrogens with zero attached hydrogens (tertiary/aromatic N) is 2. The third-order valence-electron chi connectivity index (χ3n) is 14.7. The van der Waals surface area contributed by atoms with Crippen molar-refractivity contribution in [3.05, 3.63) is 289 Å². The topological polar surface area (TPSA) is 8.17 Å². The average Bonchev–Trinajstić information content (AvgIpc) is 4.08. The maximum atomic E-state index is 2.41. The van der Waals surface area contributed by atoms with Crippen LogP contribution in [-0.4, -0.2) is 4.57 Å². The van der Waals surface area contributed by atoms with Gasteiger partial charge in [0.25, 0.3) is 0 Å². The minimum atomic E-state index is -0.475. The molecule has 0 bridgehead atoms. The molecule has 3 heteroatoms. The molecule has 1 aliphatic carbocycles. The van der Waals surface area contributed by atoms with Crippen molar-refractivity contribution in [2.24, 2.45) is 0 Å². The van der Waals surface area contributed by atoms with Gasteiger partial charge in [0.15, 0.2) is 0 Å². The zero-order chi connectivity index (χ0) is 46.2. The molecule has 328 valence electrons. The van der Waals surface area contributed by atoms with Crippen LogP contribution in [0.1, 0.15) is 22.3 Å². The smallest absolute Gasteiger partial charge is 0.0713 e. The van der Waals surface area contributed by atoms with Crippen molar-refractivity contribution >= 4 is 70.4 Å². The number of rotatable bonds is 8. The molecule has 0 spiro atoms. The van der Waals surface area contributed by atoms with E-state index in [1.807, 2.05) is 11.3 Å². The number of fused-ring (bicyclic) bond motifs is 9. The lowest BCUT2D eigenvalue weighted by Crippen LogP contribution is -2.28. The van der Waals surface area contributed by atoms with Gasteiger partial charge in [-0.25, -0.2) is 0 Å². The van der Waals surface area contributed by atoms with E-state index in [2.05, 4.69) is 276 Å². The van der Waals surface area contributed by atoms with Crippen LogP contribution in [0.25, 0.3) is 81.0 Å². The molecule has 1 aliphatic rings. The van der Waals surface area contributed by atoms with Gasteiger partial charge < -0.3 is 9.47 Å². The molecule has 2 nitrogen and oxygen atoms in total. The zero-order valence-electron chi connectivity index (χ0n) is 38.2. The summed E-state index contributed by atoms with van der Waals surface area (Å²) in [6, 6.07) is 98.5. The summed E-state index contributed by atoms with van der Waals surface area (Å²) in [4.78, 5) is 2.41. The molecule has 0 atom stereocenters. The van der Waals surface area contributed by atoms with Crippen molar-refractivity contribution in [3.63, 3.8) is 0 Å². The van der Waals surface area contributed by atoms with Crippen LogP contribution in [0.2, 0.25) is 0 Å². The van der Waals surface area contributed by atoms with E-state index < -0.39 is 5.41 Å². The Morgan fingerprint density at radius 2 is 0.829 bits per heavy atom. The van der Waals surface area contributed by atoms with Crippen LogP contribution in [0, 0.1) is 0 Å². The van der Waals surface area contributed by atoms with Crippen LogP contribution in [-0.2, 0) is 5.41 Å². The SMILES string of the molecule is c1ccc(C2(c3ccc(N(c4ccc(-c5cccc(-n6c7ccccc7c7ccccc76)c5)cc4)c4cccc(-c5ccc6sc7ccccc7c6c5)c4)cc3)c3ccccc3-c3ccccc32)cc1. The molecule has 0 saturated heterocycles. The number of anilines is 3. The van der Waals surface area contributed by atoms with Crippen molar-refractivity contribution in [3.8, 4) is 39.1 Å². The van der Waals surface area contributed by atoms with Crippen molar-refractivity contribution in [1.29, 1.82) is 0 Å². The van der Waals surface area contributed by atoms with E-state index in [0.717, 1.165) is 28.3 Å². The first kappa shape index (κ1) is 40.3. The van der Waals surface area contributed by atoms with Gasteiger partial charge in [-0.2, -0.15) is 0 Å². The Hall–Kier alpha value is -8.76. The first-order valence-electron chi connectivity index (χ1n) is 24.1. The molecule has 0 aliphatic heterocycles. The fraction of sp³-hybridized carbons (Fsp3) is 0.0149. The predicted molar refractivity (Wildman–Crippen MR) is 297 cm³/mol. The summed E-state index contributed by atoms with van der Waals surface area (Å²) in [5.41, 5.74) is 18.8. The standard InChI is InChI=1S/C67H44N2S/c1-2-18-49(19-3-1)67(61-27-9-4-22-55(61)56-23-5-10-28-62(56)67)50-35-39-52(40-36-50)68(53-20-15-17-47(43-53)48-34-41-66-60(44-48)59-26-8-13-31-65(59)70-66)51-37-32-45(33-38-51)46-16-14-21-54(42-46)69-63-29-11-6-24-57(63)58-25-7-12-30-64(58)69/h1-44H. The van der Waals surface area contributed by atoms with Crippen molar-refractivity contribution in [2.75, 3.05) is 4.90 Å². The van der Waals surface area contributed by atoms with Crippen LogP contribution in [0.4, 0.5) is 17.1 Å². The number of aromatic nitrogens is 1. The van der Waals surface area contributed by atoms with E-state index >= 15 is 0 Å². The van der Waals surface area contributed by atoms with E-state index in [9.17, 15) is 0 Å². The van der Waals surface area contributed by atoms with Gasteiger partial charge >= 0.3 is 0 Å². The summed E-state index contributed by atoms with van der Waals surface area (Å²) in [6.07, 6.45) is 0. The van der Waals surface area contributed by atoms with Crippen LogP contribution in [0.15, 0.2) is 267 Å². The Morgan fingerprint density at radius 1 is 0.314 bits per heavy atom. The molecule has 0 N–H and O–H groups in total. The number of hydrogen-bond acceptors (Lipinski definition) is 2. The summed E-state index contributed by atoms with van der Waals surface area (Å²) in [6.45, 7) is 0. The van der Waals surface area contributed by atoms with E-state index in [-0.39, 0.29) is 0 Å². The third kappa shape index (κ3) is 6.25. The molecule has 2 heterocycles. The Balaban J connectivity index is 0.899. The van der Waals surface area contributed by atoms with Crippen molar-refractivity contribution in [2.45, 2.75) is 5.41 Å². The molecular weight excluding hydrogens is 865 g/mol. The number of para-hydroxylation sites is 2. The minimum Gasteiger partial charge on any atom is -0.310 e. The lowest BCUT2D eigenvalue weighted by Gasteiger charge is -2.34. The molecule has 2 aromatic heterocycles. The van der Waals surface area contributed by atoms with Gasteiger partial charge in [-0.3, -0.25) is 0 Å². The van der Waals surface area contributed by atoms with E-state index in [1.165, 1.54) is 92.0 Å². The first-order chi connectivity index (χ1) is 34.7. The Labute approximate surface area is 411 Å². The molecule has 0 radical (unpaired) electrons. The second-order valence-corrected chi connectivity index (χ2v) is 19.5. The van der Waals surface area contributed by atoms with E-state index in [1.54, 1.807) is 0 Å². The maximum Gasteiger partial charge on any atom is 0.0713 e. The van der Waals surface area contributed by atoms with Gasteiger partial charge in [0.05, 0.1) is 16.4 Å². The molecular formula is C67H44N2S. The van der Waals surface area contributed by atoms with Crippen LogP contribution in [0.3, 0.4) is 0 Å². The zero-order valence-corrected chi connectivity index (χ0v) is 39.0. The van der Waals surface area contributed by atoms with Gasteiger partial charge in [0.1, 0.15) is 0 Å². The Morgan fingerprint density at radius 3 is 1.53 bits per heavy atom. The number of hydrogen-bond donors (Lipinski definition) is 0. The monoisotopic (exact) mass is 908 g/mol. The quantitative estimate of drug-likeness (QED) is 0.147. The van der Waals surface area contributed by atoms with Crippen LogP contribution in [0.5, 0.6) is 0 Å². The second-order valence-electron chi connectivity index (χ2n) is 18.4. The van der Waals surface area contributed by atoms with E-state index in [0.29, 0.717) is 0 Å². The summed E-state index contributed by atoms with van der Waals surface area (Å²) < 4.78 is 5.02. The van der Waals surface area contributed by atoms with Gasteiger partial charge in [-0.05, 0) is 134 Å². The molecule has 0 saturated carbocycles. The highest BCUT2D eigenvalue weighted by molar-refractivity contribution is 7.25. The van der Waals surface area contributed by atoms with Crippen LogP contribution < -0.4 is 4.90 Å². The summed E-state index contributed by atoms with van der Waals surface area (Å²) in [5.74, 6) is 0. The van der Waals surface area contributed by atoms with Crippen molar-refractivity contribution < 1.29 is 0 Å². The van der Waals surface area contributed by atoms with Crippen molar-refractivity contribution in [1.82, 2.24) is 4.57 Å². The fourth-order valence-corrected chi connectivity index (χ4v) is 12.7. The molecule has 0 amide bonds. The molecule has 70 heavy (non-hydrogen) atoms. The minimum absolute atomic E-state index is 0.475. The normalized spacial score (nSPS) is 12.7. The highest BCUT2D eigenvalue weighted by Gasteiger charge is 2.45. The van der Waals surface area contributed by atoms with Gasteiger partial charge in [-0.1, -0.05) is 188 Å². The Kier molecular flexibility index (Phi) is 9.33. The van der Waals surface area contributed by atoms with Gasteiger partial charge in [0, 0.05) is 53.7 Å². The summed E-state index contributed by atoms with van der Waals surface area (Å²) >= 11 is 1.86.